The zero-order valence-corrected chi connectivity index (χ0v) is 10.6. The third kappa shape index (κ3) is 3.14. The van der Waals surface area contributed by atoms with Gasteiger partial charge in [0.05, 0.1) is 0 Å². The van der Waals surface area contributed by atoms with Gasteiger partial charge in [0.15, 0.2) is 5.78 Å². The molecule has 0 aliphatic rings. The summed E-state index contributed by atoms with van der Waals surface area (Å²) in [4.78, 5) is 16.0. The van der Waals surface area contributed by atoms with Crippen molar-refractivity contribution < 1.29 is 4.79 Å². The standard InChI is InChI=1S/C13H11BrN2O/c14-11-5-9(7-16-8-11)6-13(17)10-1-3-12(15)4-2-10/h1-5,7-8H,6,15H2. The molecule has 2 aromatic rings. The Bertz CT molecular complexity index is 537. The molecular weight excluding hydrogens is 280 g/mol. The molecule has 17 heavy (non-hydrogen) atoms. The highest BCUT2D eigenvalue weighted by Gasteiger charge is 2.07. The fourth-order valence-electron chi connectivity index (χ4n) is 1.51. The topological polar surface area (TPSA) is 56.0 Å². The van der Waals surface area contributed by atoms with Gasteiger partial charge >= 0.3 is 0 Å². The van der Waals surface area contributed by atoms with Crippen LogP contribution in [0.3, 0.4) is 0 Å². The molecule has 0 saturated heterocycles. The molecule has 0 bridgehead atoms. The molecule has 2 rings (SSSR count). The first-order chi connectivity index (χ1) is 8.15. The van der Waals surface area contributed by atoms with Gasteiger partial charge < -0.3 is 5.73 Å². The number of hydrogen-bond acceptors (Lipinski definition) is 3. The van der Waals surface area contributed by atoms with E-state index in [4.69, 9.17) is 5.73 Å². The number of anilines is 1. The highest BCUT2D eigenvalue weighted by atomic mass is 79.9. The third-order valence-corrected chi connectivity index (χ3v) is 2.79. The average molecular weight is 291 g/mol. The summed E-state index contributed by atoms with van der Waals surface area (Å²) in [6, 6.07) is 8.83. The van der Waals surface area contributed by atoms with Crippen LogP contribution in [0.25, 0.3) is 0 Å². The second-order valence-electron chi connectivity index (χ2n) is 3.73. The Morgan fingerprint density at radius 3 is 2.59 bits per heavy atom. The number of Topliss-reactive ketones (excluding diaryl/α,β-unsaturated/α-hetero) is 1. The van der Waals surface area contributed by atoms with Crippen LogP contribution in [-0.2, 0) is 6.42 Å². The van der Waals surface area contributed by atoms with Gasteiger partial charge in [-0.05, 0) is 51.8 Å². The van der Waals surface area contributed by atoms with Crippen LogP contribution in [0, 0.1) is 0 Å². The van der Waals surface area contributed by atoms with Crippen LogP contribution < -0.4 is 5.73 Å². The van der Waals surface area contributed by atoms with Crippen molar-refractivity contribution in [1.29, 1.82) is 0 Å². The summed E-state index contributed by atoms with van der Waals surface area (Å²) in [6.07, 6.45) is 3.73. The van der Waals surface area contributed by atoms with E-state index in [2.05, 4.69) is 20.9 Å². The Morgan fingerprint density at radius 1 is 1.24 bits per heavy atom. The number of nitrogen functional groups attached to an aromatic ring is 1. The number of nitrogens with zero attached hydrogens (tertiary/aromatic N) is 1. The van der Waals surface area contributed by atoms with Crippen LogP contribution in [0.15, 0.2) is 47.2 Å². The van der Waals surface area contributed by atoms with Crippen molar-refractivity contribution in [2.75, 3.05) is 5.73 Å². The molecule has 1 aromatic carbocycles. The molecule has 0 aliphatic carbocycles. The maximum Gasteiger partial charge on any atom is 0.167 e. The van der Waals surface area contributed by atoms with Crippen LogP contribution in [0.5, 0.6) is 0 Å². The molecule has 4 heteroatoms. The second kappa shape index (κ2) is 5.10. The van der Waals surface area contributed by atoms with Crippen LogP contribution in [0.4, 0.5) is 5.69 Å². The van der Waals surface area contributed by atoms with Gasteiger partial charge in [-0.25, -0.2) is 0 Å². The van der Waals surface area contributed by atoms with Gasteiger partial charge in [0, 0.05) is 34.5 Å². The normalized spacial score (nSPS) is 10.2. The predicted molar refractivity (Wildman–Crippen MR) is 70.8 cm³/mol. The van der Waals surface area contributed by atoms with Crippen molar-refractivity contribution >= 4 is 27.4 Å². The van der Waals surface area contributed by atoms with Crippen molar-refractivity contribution in [2.24, 2.45) is 0 Å². The number of ketones is 1. The molecule has 3 nitrogen and oxygen atoms in total. The number of carbonyl (C=O) groups is 1. The lowest BCUT2D eigenvalue weighted by Gasteiger charge is -2.02. The molecule has 0 saturated carbocycles. The van der Waals surface area contributed by atoms with Crippen LogP contribution in [0.1, 0.15) is 15.9 Å². The Morgan fingerprint density at radius 2 is 1.94 bits per heavy atom. The summed E-state index contributed by atoms with van der Waals surface area (Å²) >= 11 is 3.33. The van der Waals surface area contributed by atoms with Crippen molar-refractivity contribution in [3.05, 3.63) is 58.3 Å². The summed E-state index contributed by atoms with van der Waals surface area (Å²) in [7, 11) is 0. The SMILES string of the molecule is Nc1ccc(C(=O)Cc2cncc(Br)c2)cc1. The van der Waals surface area contributed by atoms with Gasteiger partial charge in [0.1, 0.15) is 0 Å². The first-order valence-corrected chi connectivity index (χ1v) is 5.92. The minimum Gasteiger partial charge on any atom is -0.399 e. The average Bonchev–Trinajstić information content (AvgIpc) is 2.29. The molecule has 0 fully saturated rings. The quantitative estimate of drug-likeness (QED) is 0.699. The monoisotopic (exact) mass is 290 g/mol. The van der Waals surface area contributed by atoms with Gasteiger partial charge in [-0.1, -0.05) is 0 Å². The predicted octanol–water partition coefficient (Wildman–Crippen LogP) is 2.85. The van der Waals surface area contributed by atoms with E-state index in [1.54, 1.807) is 36.7 Å². The number of pyridine rings is 1. The van der Waals surface area contributed by atoms with Crippen molar-refractivity contribution in [3.8, 4) is 0 Å². The van der Waals surface area contributed by atoms with Gasteiger partial charge in [-0.15, -0.1) is 0 Å². The minimum atomic E-state index is 0.0601. The van der Waals surface area contributed by atoms with E-state index >= 15 is 0 Å². The molecule has 1 heterocycles. The molecule has 0 unspecified atom stereocenters. The summed E-state index contributed by atoms with van der Waals surface area (Å²) in [5.74, 6) is 0.0601. The van der Waals surface area contributed by atoms with E-state index in [-0.39, 0.29) is 5.78 Å². The summed E-state index contributed by atoms with van der Waals surface area (Å²) in [6.45, 7) is 0. The lowest BCUT2D eigenvalue weighted by Crippen LogP contribution is -2.04. The molecule has 86 valence electrons. The fraction of sp³-hybridized carbons (Fsp3) is 0.0769. The van der Waals surface area contributed by atoms with Gasteiger partial charge in [-0.2, -0.15) is 0 Å². The zero-order valence-electron chi connectivity index (χ0n) is 9.06. The smallest absolute Gasteiger partial charge is 0.167 e. The lowest BCUT2D eigenvalue weighted by molar-refractivity contribution is 0.0993. The molecule has 0 aliphatic heterocycles. The second-order valence-corrected chi connectivity index (χ2v) is 4.65. The Hall–Kier alpha value is -1.68. The number of aromatic nitrogens is 1. The van der Waals surface area contributed by atoms with Gasteiger partial charge in [0.2, 0.25) is 0 Å². The highest BCUT2D eigenvalue weighted by molar-refractivity contribution is 9.10. The number of carbonyl (C=O) groups excluding carboxylic acids is 1. The van der Waals surface area contributed by atoms with E-state index < -0.39 is 0 Å². The molecule has 0 amide bonds. The number of rotatable bonds is 3. The van der Waals surface area contributed by atoms with E-state index in [0.29, 0.717) is 17.7 Å². The number of nitrogens with two attached hydrogens (primary N) is 1. The summed E-state index contributed by atoms with van der Waals surface area (Å²) in [5.41, 5.74) is 7.79. The first-order valence-electron chi connectivity index (χ1n) is 5.13. The third-order valence-electron chi connectivity index (χ3n) is 2.36. The van der Waals surface area contributed by atoms with Crippen molar-refractivity contribution in [3.63, 3.8) is 0 Å². The Balaban J connectivity index is 2.14. The van der Waals surface area contributed by atoms with E-state index in [0.717, 1.165) is 10.0 Å². The Kier molecular flexibility index (Phi) is 3.54. The zero-order chi connectivity index (χ0) is 12.3. The van der Waals surface area contributed by atoms with Crippen molar-refractivity contribution in [1.82, 2.24) is 4.98 Å². The van der Waals surface area contributed by atoms with Gasteiger partial charge in [0.25, 0.3) is 0 Å². The van der Waals surface area contributed by atoms with Crippen LogP contribution >= 0.6 is 15.9 Å². The van der Waals surface area contributed by atoms with E-state index in [1.807, 2.05) is 6.07 Å². The van der Waals surface area contributed by atoms with E-state index in [1.165, 1.54) is 0 Å². The minimum absolute atomic E-state index is 0.0601. The first kappa shape index (κ1) is 11.8. The number of hydrogen-bond donors (Lipinski definition) is 1. The summed E-state index contributed by atoms with van der Waals surface area (Å²) in [5, 5.41) is 0. The maximum atomic E-state index is 12.0. The summed E-state index contributed by atoms with van der Waals surface area (Å²) < 4.78 is 0.875. The number of halogens is 1. The molecular formula is C13H11BrN2O. The molecule has 2 N–H and O–H groups in total. The molecule has 0 radical (unpaired) electrons. The molecule has 0 atom stereocenters. The molecule has 1 aromatic heterocycles. The fourth-order valence-corrected chi connectivity index (χ4v) is 1.92. The van der Waals surface area contributed by atoms with E-state index in [9.17, 15) is 4.79 Å². The van der Waals surface area contributed by atoms with Crippen LogP contribution in [0.2, 0.25) is 0 Å². The maximum absolute atomic E-state index is 12.0. The Labute approximate surface area is 108 Å². The van der Waals surface area contributed by atoms with Crippen molar-refractivity contribution in [2.45, 2.75) is 6.42 Å². The lowest BCUT2D eigenvalue weighted by atomic mass is 10.0. The van der Waals surface area contributed by atoms with Gasteiger partial charge in [-0.3, -0.25) is 9.78 Å². The largest absolute Gasteiger partial charge is 0.399 e. The molecule has 0 spiro atoms. The van der Waals surface area contributed by atoms with Crippen LogP contribution in [-0.4, -0.2) is 10.8 Å². The highest BCUT2D eigenvalue weighted by Crippen LogP contribution is 2.13. The number of benzene rings is 1.